The molecule has 0 bridgehead atoms. The number of amides is 2. The quantitative estimate of drug-likeness (QED) is 0.690. The van der Waals surface area contributed by atoms with Gasteiger partial charge in [-0.1, -0.05) is 36.4 Å². The molecule has 1 atom stereocenters. The van der Waals surface area contributed by atoms with Gasteiger partial charge in [-0.3, -0.25) is 9.59 Å². The first-order valence-corrected chi connectivity index (χ1v) is 10.3. The molecule has 2 heterocycles. The Balaban J connectivity index is 1.56. The number of nitrogens with two attached hydrogens (primary N) is 1. The topological polar surface area (TPSA) is 63.4 Å². The number of benzene rings is 2. The van der Waals surface area contributed by atoms with Gasteiger partial charge in [0.1, 0.15) is 5.82 Å². The maximum absolute atomic E-state index is 13.5. The molecule has 1 aliphatic rings. The molecule has 148 valence electrons. The number of rotatable bonds is 5. The van der Waals surface area contributed by atoms with Gasteiger partial charge in [0, 0.05) is 23.5 Å². The van der Waals surface area contributed by atoms with E-state index in [1.54, 1.807) is 22.3 Å². The molecule has 0 spiro atoms. The average molecular weight is 408 g/mol. The number of carbonyl (C=O) groups is 2. The second-order valence-corrected chi connectivity index (χ2v) is 8.43. The van der Waals surface area contributed by atoms with E-state index >= 15 is 0 Å². The Morgan fingerprint density at radius 1 is 1.10 bits per heavy atom. The Bertz CT molecular complexity index is 1050. The Hall–Kier alpha value is -2.99. The molecule has 2 N–H and O–H groups in total. The molecule has 1 aromatic heterocycles. The zero-order valence-electron chi connectivity index (χ0n) is 15.8. The number of hydrogen-bond acceptors (Lipinski definition) is 3. The second-order valence-electron chi connectivity index (χ2n) is 7.49. The first kappa shape index (κ1) is 19.3. The Morgan fingerprint density at radius 2 is 1.93 bits per heavy atom. The van der Waals surface area contributed by atoms with E-state index < -0.39 is 17.1 Å². The number of primary amides is 1. The smallest absolute Gasteiger partial charge is 0.253 e. The molecule has 0 unspecified atom stereocenters. The summed E-state index contributed by atoms with van der Waals surface area (Å²) in [6.45, 7) is 0.657. The Morgan fingerprint density at radius 3 is 2.66 bits per heavy atom. The molecule has 2 amide bonds. The Labute approximate surface area is 172 Å². The minimum absolute atomic E-state index is 0.237. The van der Waals surface area contributed by atoms with Gasteiger partial charge in [0.15, 0.2) is 0 Å². The van der Waals surface area contributed by atoms with Crippen LogP contribution in [0.1, 0.15) is 22.3 Å². The normalized spacial score (nSPS) is 18.7. The van der Waals surface area contributed by atoms with Crippen LogP contribution < -0.4 is 5.73 Å². The molecule has 1 saturated heterocycles. The third-order valence-electron chi connectivity index (χ3n) is 5.51. The van der Waals surface area contributed by atoms with Crippen LogP contribution in [0.25, 0.3) is 10.4 Å². The molecular formula is C23H21FN2O2S. The summed E-state index contributed by atoms with van der Waals surface area (Å²) in [5.41, 5.74) is 7.37. The predicted octanol–water partition coefficient (Wildman–Crippen LogP) is 4.11. The van der Waals surface area contributed by atoms with Gasteiger partial charge in [0.05, 0.1) is 5.41 Å². The fourth-order valence-electron chi connectivity index (χ4n) is 3.95. The van der Waals surface area contributed by atoms with E-state index in [-0.39, 0.29) is 18.0 Å². The van der Waals surface area contributed by atoms with Crippen molar-refractivity contribution in [2.24, 2.45) is 11.1 Å². The molecule has 1 aliphatic heterocycles. The maximum Gasteiger partial charge on any atom is 0.253 e. The van der Waals surface area contributed by atoms with Crippen LogP contribution in [0, 0.1) is 11.2 Å². The van der Waals surface area contributed by atoms with Crippen molar-refractivity contribution < 1.29 is 14.0 Å². The predicted molar refractivity (Wildman–Crippen MR) is 112 cm³/mol. The summed E-state index contributed by atoms with van der Waals surface area (Å²) in [6.07, 6.45) is 0.959. The monoisotopic (exact) mass is 408 g/mol. The number of hydrogen-bond donors (Lipinski definition) is 1. The molecule has 3 aromatic rings. The number of carbonyl (C=O) groups excluding carboxylic acids is 2. The van der Waals surface area contributed by atoms with Crippen LogP contribution in [0.15, 0.2) is 66.0 Å². The van der Waals surface area contributed by atoms with E-state index in [4.69, 9.17) is 5.73 Å². The lowest BCUT2D eigenvalue weighted by atomic mass is 9.80. The molecule has 4 rings (SSSR count). The fraction of sp³-hybridized carbons (Fsp3) is 0.217. The highest BCUT2D eigenvalue weighted by atomic mass is 32.1. The lowest BCUT2D eigenvalue weighted by Crippen LogP contribution is -2.42. The van der Waals surface area contributed by atoms with Crippen LogP contribution in [0.3, 0.4) is 0 Å². The summed E-state index contributed by atoms with van der Waals surface area (Å²) in [7, 11) is 0. The highest BCUT2D eigenvalue weighted by Crippen LogP contribution is 2.36. The number of nitrogens with zero attached hydrogens (tertiary/aromatic N) is 1. The fourth-order valence-corrected chi connectivity index (χ4v) is 4.67. The van der Waals surface area contributed by atoms with Crippen molar-refractivity contribution in [3.05, 3.63) is 83.0 Å². The van der Waals surface area contributed by atoms with Crippen LogP contribution in [0.2, 0.25) is 0 Å². The van der Waals surface area contributed by atoms with E-state index in [1.165, 1.54) is 18.2 Å². The molecule has 6 heteroatoms. The van der Waals surface area contributed by atoms with Gasteiger partial charge < -0.3 is 10.6 Å². The zero-order chi connectivity index (χ0) is 20.4. The summed E-state index contributed by atoms with van der Waals surface area (Å²) in [6, 6.07) is 17.8. The highest BCUT2D eigenvalue weighted by Gasteiger charge is 2.45. The van der Waals surface area contributed by atoms with E-state index in [9.17, 15) is 14.0 Å². The largest absolute Gasteiger partial charge is 0.369 e. The van der Waals surface area contributed by atoms with Crippen LogP contribution in [0.4, 0.5) is 4.39 Å². The maximum atomic E-state index is 13.5. The van der Waals surface area contributed by atoms with Gasteiger partial charge in [0.2, 0.25) is 5.91 Å². The van der Waals surface area contributed by atoms with Gasteiger partial charge in [-0.15, -0.1) is 11.3 Å². The van der Waals surface area contributed by atoms with Crippen LogP contribution >= 0.6 is 11.3 Å². The standard InChI is InChI=1S/C23H21FN2O2S/c24-19-7-2-6-18(13-19)21(27)26-10-9-23(15-26,22(25)28)14-16-4-1-5-17(12-16)20-8-3-11-29-20/h1-8,11-13H,9-10,14-15H2,(H2,25,28)/t23-/m0/s1. The van der Waals surface area contributed by atoms with Crippen LogP contribution in [-0.2, 0) is 11.2 Å². The van der Waals surface area contributed by atoms with Crippen molar-refractivity contribution in [2.45, 2.75) is 12.8 Å². The highest BCUT2D eigenvalue weighted by molar-refractivity contribution is 7.13. The van der Waals surface area contributed by atoms with E-state index in [2.05, 4.69) is 12.1 Å². The van der Waals surface area contributed by atoms with Crippen molar-refractivity contribution in [1.82, 2.24) is 4.90 Å². The molecule has 0 aliphatic carbocycles. The molecule has 1 fully saturated rings. The minimum atomic E-state index is -0.822. The van der Waals surface area contributed by atoms with Gasteiger partial charge in [-0.25, -0.2) is 4.39 Å². The van der Waals surface area contributed by atoms with E-state index in [1.807, 2.05) is 29.6 Å². The number of thiophene rings is 1. The molecule has 0 radical (unpaired) electrons. The molecule has 29 heavy (non-hydrogen) atoms. The second kappa shape index (κ2) is 7.79. The van der Waals surface area contributed by atoms with Gasteiger partial charge in [0.25, 0.3) is 5.91 Å². The first-order valence-electron chi connectivity index (χ1n) is 9.44. The third-order valence-corrected chi connectivity index (χ3v) is 6.43. The van der Waals surface area contributed by atoms with E-state index in [0.29, 0.717) is 19.4 Å². The van der Waals surface area contributed by atoms with Crippen LogP contribution in [-0.4, -0.2) is 29.8 Å². The summed E-state index contributed by atoms with van der Waals surface area (Å²) in [5.74, 6) is -1.14. The van der Waals surface area contributed by atoms with Crippen molar-refractivity contribution in [3.8, 4) is 10.4 Å². The first-order chi connectivity index (χ1) is 14.0. The van der Waals surface area contributed by atoms with Gasteiger partial charge in [-0.2, -0.15) is 0 Å². The van der Waals surface area contributed by atoms with Crippen molar-refractivity contribution >= 4 is 23.2 Å². The van der Waals surface area contributed by atoms with E-state index in [0.717, 1.165) is 16.0 Å². The lowest BCUT2D eigenvalue weighted by Gasteiger charge is -2.26. The number of likely N-dealkylation sites (tertiary alicyclic amines) is 1. The average Bonchev–Trinajstić information content (AvgIpc) is 3.39. The lowest BCUT2D eigenvalue weighted by molar-refractivity contribution is -0.126. The SMILES string of the molecule is NC(=O)[C@]1(Cc2cccc(-c3cccs3)c2)CCN(C(=O)c2cccc(F)c2)C1. The van der Waals surface area contributed by atoms with Gasteiger partial charge >= 0.3 is 0 Å². The minimum Gasteiger partial charge on any atom is -0.369 e. The summed E-state index contributed by atoms with van der Waals surface area (Å²) in [5, 5.41) is 2.03. The summed E-state index contributed by atoms with van der Waals surface area (Å²) in [4.78, 5) is 28.0. The van der Waals surface area contributed by atoms with Crippen molar-refractivity contribution in [3.63, 3.8) is 0 Å². The molecule has 4 nitrogen and oxygen atoms in total. The molecule has 2 aromatic carbocycles. The third kappa shape index (κ3) is 3.93. The van der Waals surface area contributed by atoms with Crippen molar-refractivity contribution in [2.75, 3.05) is 13.1 Å². The van der Waals surface area contributed by atoms with Crippen molar-refractivity contribution in [1.29, 1.82) is 0 Å². The van der Waals surface area contributed by atoms with Crippen LogP contribution in [0.5, 0.6) is 0 Å². The number of halogens is 1. The molecule has 0 saturated carbocycles. The van der Waals surface area contributed by atoms with Gasteiger partial charge in [-0.05, 0) is 53.6 Å². The Kier molecular flexibility index (Phi) is 5.20. The summed E-state index contributed by atoms with van der Waals surface area (Å²) >= 11 is 1.66. The zero-order valence-corrected chi connectivity index (χ0v) is 16.6. The molecular weight excluding hydrogens is 387 g/mol. The summed E-state index contributed by atoms with van der Waals surface area (Å²) < 4.78 is 13.5.